The topological polar surface area (TPSA) is 72.9 Å². The van der Waals surface area contributed by atoms with Gasteiger partial charge in [0.25, 0.3) is 0 Å². The summed E-state index contributed by atoms with van der Waals surface area (Å²) in [6, 6.07) is 10.1. The van der Waals surface area contributed by atoms with E-state index < -0.39 is 5.54 Å². The SMILES string of the molecule is CCCC(C)(N)C(=O)NCc1ccc(Cn2cccn2)cc1.Cl. The quantitative estimate of drug-likeness (QED) is 0.815. The number of hydrogen-bond donors (Lipinski definition) is 2. The Bertz CT molecular complexity index is 594. The second-order valence-electron chi connectivity index (χ2n) is 5.87. The molecule has 0 radical (unpaired) electrons. The van der Waals surface area contributed by atoms with E-state index in [0.717, 1.165) is 18.5 Å². The van der Waals surface area contributed by atoms with E-state index in [1.54, 1.807) is 13.1 Å². The van der Waals surface area contributed by atoms with Crippen LogP contribution in [0.15, 0.2) is 42.7 Å². The lowest BCUT2D eigenvalue weighted by molar-refractivity contribution is -0.126. The van der Waals surface area contributed by atoms with Crippen LogP contribution in [0.5, 0.6) is 0 Å². The summed E-state index contributed by atoms with van der Waals surface area (Å²) in [6.07, 6.45) is 5.28. The Hall–Kier alpha value is -1.85. The van der Waals surface area contributed by atoms with Crippen LogP contribution >= 0.6 is 12.4 Å². The monoisotopic (exact) mass is 336 g/mol. The van der Waals surface area contributed by atoms with E-state index >= 15 is 0 Å². The van der Waals surface area contributed by atoms with E-state index in [1.807, 2.05) is 36.0 Å². The molecule has 0 saturated heterocycles. The number of benzene rings is 1. The maximum Gasteiger partial charge on any atom is 0.240 e. The first kappa shape index (κ1) is 19.2. The lowest BCUT2D eigenvalue weighted by Crippen LogP contribution is -2.51. The molecule has 1 unspecified atom stereocenters. The van der Waals surface area contributed by atoms with Crippen LogP contribution < -0.4 is 11.1 Å². The Morgan fingerprint density at radius 3 is 2.52 bits per heavy atom. The van der Waals surface area contributed by atoms with Crippen LogP contribution in [0.4, 0.5) is 0 Å². The third kappa shape index (κ3) is 5.69. The summed E-state index contributed by atoms with van der Waals surface area (Å²) in [5.41, 5.74) is 7.45. The molecule has 2 aromatic rings. The zero-order chi connectivity index (χ0) is 16.0. The Kier molecular flexibility index (Phi) is 7.26. The van der Waals surface area contributed by atoms with E-state index in [4.69, 9.17) is 5.73 Å². The van der Waals surface area contributed by atoms with E-state index in [9.17, 15) is 4.79 Å². The molecular weight excluding hydrogens is 312 g/mol. The summed E-state index contributed by atoms with van der Waals surface area (Å²) in [5.74, 6) is -0.102. The molecule has 1 aromatic carbocycles. The fraction of sp³-hybridized carbons (Fsp3) is 0.412. The van der Waals surface area contributed by atoms with Crippen molar-refractivity contribution in [1.29, 1.82) is 0 Å². The van der Waals surface area contributed by atoms with Crippen molar-refractivity contribution in [2.24, 2.45) is 5.73 Å². The number of aromatic nitrogens is 2. The highest BCUT2D eigenvalue weighted by molar-refractivity contribution is 5.85. The van der Waals surface area contributed by atoms with Crippen LogP contribution in [-0.2, 0) is 17.9 Å². The molecule has 126 valence electrons. The molecule has 0 aliphatic heterocycles. The van der Waals surface area contributed by atoms with Gasteiger partial charge in [-0.1, -0.05) is 37.6 Å². The number of hydrogen-bond acceptors (Lipinski definition) is 3. The zero-order valence-electron chi connectivity index (χ0n) is 13.7. The maximum absolute atomic E-state index is 12.1. The molecule has 6 heteroatoms. The third-order valence-electron chi connectivity index (χ3n) is 3.67. The van der Waals surface area contributed by atoms with Crippen molar-refractivity contribution in [3.05, 3.63) is 53.9 Å². The Labute approximate surface area is 143 Å². The fourth-order valence-corrected chi connectivity index (χ4v) is 2.36. The van der Waals surface area contributed by atoms with Gasteiger partial charge in [-0.2, -0.15) is 5.10 Å². The fourth-order valence-electron chi connectivity index (χ4n) is 2.36. The number of amides is 1. The molecular formula is C17H25ClN4O. The Morgan fingerprint density at radius 1 is 1.30 bits per heavy atom. The van der Waals surface area contributed by atoms with E-state index in [2.05, 4.69) is 22.5 Å². The smallest absolute Gasteiger partial charge is 0.240 e. The van der Waals surface area contributed by atoms with Crippen molar-refractivity contribution >= 4 is 18.3 Å². The van der Waals surface area contributed by atoms with Crippen LogP contribution in [0.25, 0.3) is 0 Å². The highest BCUT2D eigenvalue weighted by atomic mass is 35.5. The summed E-state index contributed by atoms with van der Waals surface area (Å²) < 4.78 is 1.88. The summed E-state index contributed by atoms with van der Waals surface area (Å²) in [5, 5.41) is 7.09. The molecule has 0 saturated carbocycles. The van der Waals surface area contributed by atoms with Gasteiger partial charge in [0.1, 0.15) is 0 Å². The maximum atomic E-state index is 12.1. The predicted octanol–water partition coefficient (Wildman–Crippen LogP) is 2.49. The molecule has 0 fully saturated rings. The minimum absolute atomic E-state index is 0. The Balaban J connectivity index is 0.00000264. The van der Waals surface area contributed by atoms with Gasteiger partial charge >= 0.3 is 0 Å². The molecule has 2 rings (SSSR count). The number of rotatable bonds is 7. The van der Waals surface area contributed by atoms with Crippen LogP contribution in [0.2, 0.25) is 0 Å². The number of nitrogens with zero attached hydrogens (tertiary/aromatic N) is 2. The van der Waals surface area contributed by atoms with Crippen LogP contribution in [0.1, 0.15) is 37.8 Å². The van der Waals surface area contributed by atoms with Gasteiger partial charge in [-0.15, -0.1) is 12.4 Å². The average molecular weight is 337 g/mol. The lowest BCUT2D eigenvalue weighted by atomic mass is 9.96. The van der Waals surface area contributed by atoms with Gasteiger partial charge in [-0.3, -0.25) is 9.48 Å². The van der Waals surface area contributed by atoms with Gasteiger partial charge < -0.3 is 11.1 Å². The average Bonchev–Trinajstić information content (AvgIpc) is 2.99. The second-order valence-corrected chi connectivity index (χ2v) is 5.87. The second kappa shape index (κ2) is 8.70. The van der Waals surface area contributed by atoms with E-state index in [-0.39, 0.29) is 18.3 Å². The van der Waals surface area contributed by atoms with Crippen molar-refractivity contribution in [3.63, 3.8) is 0 Å². The van der Waals surface area contributed by atoms with Gasteiger partial charge in [0.05, 0.1) is 12.1 Å². The van der Waals surface area contributed by atoms with Crippen molar-refractivity contribution < 1.29 is 4.79 Å². The number of nitrogens with one attached hydrogen (secondary N) is 1. The van der Waals surface area contributed by atoms with Crippen molar-refractivity contribution in [1.82, 2.24) is 15.1 Å². The minimum Gasteiger partial charge on any atom is -0.350 e. The molecule has 1 amide bonds. The first-order valence-corrected chi connectivity index (χ1v) is 7.63. The first-order valence-electron chi connectivity index (χ1n) is 7.63. The van der Waals surface area contributed by atoms with Crippen LogP contribution in [0.3, 0.4) is 0 Å². The molecule has 0 spiro atoms. The molecule has 0 aliphatic carbocycles. The predicted molar refractivity (Wildman–Crippen MR) is 94.4 cm³/mol. The van der Waals surface area contributed by atoms with E-state index in [0.29, 0.717) is 13.0 Å². The number of carbonyl (C=O) groups is 1. The van der Waals surface area contributed by atoms with E-state index in [1.165, 1.54) is 5.56 Å². The Morgan fingerprint density at radius 2 is 1.96 bits per heavy atom. The standard InChI is InChI=1S/C17H24N4O.ClH/c1-3-9-17(2,18)16(22)19-12-14-5-7-15(8-6-14)13-21-11-4-10-20-21;/h4-8,10-11H,3,9,12-13,18H2,1-2H3,(H,19,22);1H. The summed E-state index contributed by atoms with van der Waals surface area (Å²) in [6.45, 7) is 5.05. The number of carbonyl (C=O) groups excluding carboxylic acids is 1. The van der Waals surface area contributed by atoms with Crippen molar-refractivity contribution in [2.75, 3.05) is 0 Å². The van der Waals surface area contributed by atoms with Gasteiger partial charge in [-0.25, -0.2) is 0 Å². The molecule has 23 heavy (non-hydrogen) atoms. The summed E-state index contributed by atoms with van der Waals surface area (Å²) in [7, 11) is 0. The third-order valence-corrected chi connectivity index (χ3v) is 3.67. The van der Waals surface area contributed by atoms with Crippen molar-refractivity contribution in [2.45, 2.75) is 45.3 Å². The number of halogens is 1. The summed E-state index contributed by atoms with van der Waals surface area (Å²) >= 11 is 0. The zero-order valence-corrected chi connectivity index (χ0v) is 14.5. The molecule has 1 aromatic heterocycles. The molecule has 0 aliphatic rings. The molecule has 1 atom stereocenters. The minimum atomic E-state index is -0.797. The van der Waals surface area contributed by atoms with Gasteiger partial charge in [-0.05, 0) is 30.5 Å². The summed E-state index contributed by atoms with van der Waals surface area (Å²) in [4.78, 5) is 12.1. The molecule has 3 N–H and O–H groups in total. The molecule has 1 heterocycles. The first-order chi connectivity index (χ1) is 10.5. The van der Waals surface area contributed by atoms with Crippen LogP contribution in [0, 0.1) is 0 Å². The number of nitrogens with two attached hydrogens (primary N) is 1. The highest BCUT2D eigenvalue weighted by Crippen LogP contribution is 2.10. The molecule has 5 nitrogen and oxygen atoms in total. The van der Waals surface area contributed by atoms with Gasteiger partial charge in [0, 0.05) is 18.9 Å². The van der Waals surface area contributed by atoms with Crippen molar-refractivity contribution in [3.8, 4) is 0 Å². The van der Waals surface area contributed by atoms with Gasteiger partial charge in [0.15, 0.2) is 0 Å². The highest BCUT2D eigenvalue weighted by Gasteiger charge is 2.26. The largest absolute Gasteiger partial charge is 0.350 e. The molecule has 0 bridgehead atoms. The normalized spacial score (nSPS) is 13.0. The van der Waals surface area contributed by atoms with Gasteiger partial charge in [0.2, 0.25) is 5.91 Å². The van der Waals surface area contributed by atoms with Crippen LogP contribution in [-0.4, -0.2) is 21.2 Å². The lowest BCUT2D eigenvalue weighted by Gasteiger charge is -2.22.